The highest BCUT2D eigenvalue weighted by atomic mass is 19.1. The van der Waals surface area contributed by atoms with Crippen molar-refractivity contribution in [2.75, 3.05) is 12.8 Å². The molecule has 0 unspecified atom stereocenters. The first-order valence-electron chi connectivity index (χ1n) is 5.87. The highest BCUT2D eigenvalue weighted by Gasteiger charge is 2.12. The lowest BCUT2D eigenvalue weighted by atomic mass is 10.2. The Bertz CT molecular complexity index is 778. The lowest BCUT2D eigenvalue weighted by molar-refractivity contribution is 0.415. The van der Waals surface area contributed by atoms with E-state index in [1.165, 1.54) is 23.8 Å². The molecule has 0 aliphatic rings. The van der Waals surface area contributed by atoms with Crippen molar-refractivity contribution in [1.29, 1.82) is 0 Å². The molecule has 0 spiro atoms. The van der Waals surface area contributed by atoms with Gasteiger partial charge in [-0.05, 0) is 24.3 Å². The van der Waals surface area contributed by atoms with Crippen LogP contribution in [-0.4, -0.2) is 16.7 Å². The lowest BCUT2D eigenvalue weighted by Gasteiger charge is -2.07. The van der Waals surface area contributed by atoms with Gasteiger partial charge in [-0.2, -0.15) is 0 Å². The van der Waals surface area contributed by atoms with Gasteiger partial charge in [-0.1, -0.05) is 0 Å². The normalized spacial score (nSPS) is 10.9. The minimum Gasteiger partial charge on any atom is -0.497 e. The van der Waals surface area contributed by atoms with Gasteiger partial charge in [0, 0.05) is 12.1 Å². The third-order valence-electron chi connectivity index (χ3n) is 2.99. The molecule has 0 fully saturated rings. The van der Waals surface area contributed by atoms with Crippen LogP contribution in [0, 0.1) is 11.6 Å². The molecule has 0 amide bonds. The van der Waals surface area contributed by atoms with Gasteiger partial charge in [0.1, 0.15) is 17.4 Å². The number of aromatic nitrogens is 2. The second-order valence-corrected chi connectivity index (χ2v) is 4.29. The predicted molar refractivity (Wildman–Crippen MR) is 72.0 cm³/mol. The Morgan fingerprint density at radius 2 is 1.80 bits per heavy atom. The van der Waals surface area contributed by atoms with Crippen LogP contribution in [0.1, 0.15) is 0 Å². The molecule has 0 aliphatic carbocycles. The van der Waals surface area contributed by atoms with Crippen molar-refractivity contribution >= 4 is 17.0 Å². The summed E-state index contributed by atoms with van der Waals surface area (Å²) < 4.78 is 33.3. The zero-order valence-corrected chi connectivity index (χ0v) is 10.6. The molecule has 1 aromatic heterocycles. The third kappa shape index (κ3) is 1.95. The number of rotatable bonds is 2. The number of nitrogens with two attached hydrogens (primary N) is 1. The SMILES string of the molecule is COc1ccc2nc(N)n(-c3cc(F)cc(F)c3)c2c1. The van der Waals surface area contributed by atoms with Gasteiger partial charge in [-0.3, -0.25) is 4.57 Å². The smallest absolute Gasteiger partial charge is 0.205 e. The summed E-state index contributed by atoms with van der Waals surface area (Å²) in [6.45, 7) is 0. The van der Waals surface area contributed by atoms with Crippen molar-refractivity contribution in [3.8, 4) is 11.4 Å². The van der Waals surface area contributed by atoms with Crippen LogP contribution >= 0.6 is 0 Å². The fourth-order valence-corrected chi connectivity index (χ4v) is 2.14. The van der Waals surface area contributed by atoms with Crippen LogP contribution in [0.3, 0.4) is 0 Å². The highest BCUT2D eigenvalue weighted by Crippen LogP contribution is 2.27. The van der Waals surface area contributed by atoms with E-state index in [4.69, 9.17) is 10.5 Å². The van der Waals surface area contributed by atoms with Crippen molar-refractivity contribution in [1.82, 2.24) is 9.55 Å². The van der Waals surface area contributed by atoms with Gasteiger partial charge < -0.3 is 10.5 Å². The highest BCUT2D eigenvalue weighted by molar-refractivity contribution is 5.82. The second-order valence-electron chi connectivity index (χ2n) is 4.29. The standard InChI is InChI=1S/C14H11F2N3O/c1-20-11-2-3-12-13(7-11)19(14(17)18-12)10-5-8(15)4-9(16)6-10/h2-7H,1H3,(H2,17,18). The van der Waals surface area contributed by atoms with E-state index in [0.29, 0.717) is 16.8 Å². The maximum atomic E-state index is 13.4. The first-order chi connectivity index (χ1) is 9.58. The number of nitrogen functional groups attached to an aromatic ring is 1. The number of imidazole rings is 1. The zero-order chi connectivity index (χ0) is 14.3. The summed E-state index contributed by atoms with van der Waals surface area (Å²) in [6, 6.07) is 8.38. The Morgan fingerprint density at radius 1 is 1.10 bits per heavy atom. The Hall–Kier alpha value is -2.63. The maximum Gasteiger partial charge on any atom is 0.205 e. The number of ether oxygens (including phenoxy) is 1. The van der Waals surface area contributed by atoms with E-state index in [1.807, 2.05) is 0 Å². The fraction of sp³-hybridized carbons (Fsp3) is 0.0714. The van der Waals surface area contributed by atoms with E-state index in [-0.39, 0.29) is 11.6 Å². The molecular weight excluding hydrogens is 264 g/mol. The van der Waals surface area contributed by atoms with E-state index in [2.05, 4.69) is 4.98 Å². The first-order valence-corrected chi connectivity index (χ1v) is 5.87. The molecule has 3 rings (SSSR count). The van der Waals surface area contributed by atoms with E-state index >= 15 is 0 Å². The Morgan fingerprint density at radius 3 is 2.45 bits per heavy atom. The molecular formula is C14H11F2N3O. The van der Waals surface area contributed by atoms with Crippen LogP contribution in [0.5, 0.6) is 5.75 Å². The summed E-state index contributed by atoms with van der Waals surface area (Å²) >= 11 is 0. The molecule has 0 aliphatic heterocycles. The molecule has 0 bridgehead atoms. The van der Waals surface area contributed by atoms with Crippen LogP contribution in [0.15, 0.2) is 36.4 Å². The molecule has 0 saturated heterocycles. The monoisotopic (exact) mass is 275 g/mol. The van der Waals surface area contributed by atoms with Crippen LogP contribution in [0.4, 0.5) is 14.7 Å². The summed E-state index contributed by atoms with van der Waals surface area (Å²) in [5.74, 6) is -0.595. The van der Waals surface area contributed by atoms with Crippen molar-refractivity contribution in [2.24, 2.45) is 0 Å². The quantitative estimate of drug-likeness (QED) is 0.782. The van der Waals surface area contributed by atoms with Gasteiger partial charge in [0.05, 0.1) is 23.8 Å². The summed E-state index contributed by atoms with van der Waals surface area (Å²) in [5, 5.41) is 0. The van der Waals surface area contributed by atoms with E-state index < -0.39 is 11.6 Å². The molecule has 102 valence electrons. The summed E-state index contributed by atoms with van der Waals surface area (Å²) in [4.78, 5) is 4.16. The molecule has 0 saturated carbocycles. The number of hydrogen-bond donors (Lipinski definition) is 1. The maximum absolute atomic E-state index is 13.4. The van der Waals surface area contributed by atoms with Crippen molar-refractivity contribution in [2.45, 2.75) is 0 Å². The minimum atomic E-state index is -0.677. The van der Waals surface area contributed by atoms with Crippen molar-refractivity contribution < 1.29 is 13.5 Å². The Labute approximate surface area is 113 Å². The van der Waals surface area contributed by atoms with Gasteiger partial charge in [0.25, 0.3) is 0 Å². The largest absolute Gasteiger partial charge is 0.497 e. The third-order valence-corrected chi connectivity index (χ3v) is 2.99. The summed E-state index contributed by atoms with van der Waals surface area (Å²) in [5.41, 5.74) is 7.35. The molecule has 4 nitrogen and oxygen atoms in total. The predicted octanol–water partition coefficient (Wildman–Crippen LogP) is 2.89. The average Bonchev–Trinajstić information content (AvgIpc) is 2.72. The fourth-order valence-electron chi connectivity index (χ4n) is 2.14. The van der Waals surface area contributed by atoms with Gasteiger partial charge in [-0.25, -0.2) is 13.8 Å². The summed E-state index contributed by atoms with van der Waals surface area (Å²) in [7, 11) is 1.53. The molecule has 6 heteroatoms. The molecule has 0 atom stereocenters. The second kappa shape index (κ2) is 4.48. The van der Waals surface area contributed by atoms with Gasteiger partial charge >= 0.3 is 0 Å². The number of anilines is 1. The first kappa shape index (κ1) is 12.4. The van der Waals surface area contributed by atoms with E-state index in [1.54, 1.807) is 18.2 Å². The number of halogens is 2. The van der Waals surface area contributed by atoms with E-state index in [0.717, 1.165) is 6.07 Å². The van der Waals surface area contributed by atoms with Gasteiger partial charge in [0.15, 0.2) is 0 Å². The van der Waals surface area contributed by atoms with E-state index in [9.17, 15) is 8.78 Å². The topological polar surface area (TPSA) is 53.1 Å². The number of fused-ring (bicyclic) bond motifs is 1. The number of nitrogens with zero attached hydrogens (tertiary/aromatic N) is 2. The number of methoxy groups -OCH3 is 1. The number of hydrogen-bond acceptors (Lipinski definition) is 3. The zero-order valence-electron chi connectivity index (χ0n) is 10.6. The Balaban J connectivity index is 2.31. The molecule has 2 aromatic carbocycles. The number of benzene rings is 2. The summed E-state index contributed by atoms with van der Waals surface area (Å²) in [6.07, 6.45) is 0. The van der Waals surface area contributed by atoms with Crippen LogP contribution in [0.2, 0.25) is 0 Å². The molecule has 20 heavy (non-hydrogen) atoms. The van der Waals surface area contributed by atoms with Gasteiger partial charge in [-0.15, -0.1) is 0 Å². The minimum absolute atomic E-state index is 0.151. The lowest BCUT2D eigenvalue weighted by Crippen LogP contribution is -2.01. The van der Waals surface area contributed by atoms with Crippen LogP contribution < -0.4 is 10.5 Å². The van der Waals surface area contributed by atoms with Crippen molar-refractivity contribution in [3.63, 3.8) is 0 Å². The molecule has 2 N–H and O–H groups in total. The van der Waals surface area contributed by atoms with Crippen molar-refractivity contribution in [3.05, 3.63) is 48.0 Å². The van der Waals surface area contributed by atoms with Gasteiger partial charge in [0.2, 0.25) is 5.95 Å². The molecule has 0 radical (unpaired) electrons. The average molecular weight is 275 g/mol. The molecule has 3 aromatic rings. The van der Waals surface area contributed by atoms with Crippen LogP contribution in [0.25, 0.3) is 16.7 Å². The molecule has 1 heterocycles. The van der Waals surface area contributed by atoms with Crippen LogP contribution in [-0.2, 0) is 0 Å². The Kier molecular flexibility index (Phi) is 2.78.